The van der Waals surface area contributed by atoms with Gasteiger partial charge < -0.3 is 15.7 Å². The molecule has 1 aromatic heterocycles. The molecule has 3 aliphatic rings. The molecule has 4 unspecified atom stereocenters. The molecule has 178 valence electrons. The average molecular weight is 489 g/mol. The maximum absolute atomic E-state index is 13.6. The van der Waals surface area contributed by atoms with Crippen LogP contribution in [0.3, 0.4) is 0 Å². The highest BCUT2D eigenvalue weighted by Gasteiger charge is 2.67. The van der Waals surface area contributed by atoms with E-state index in [0.29, 0.717) is 5.69 Å². The van der Waals surface area contributed by atoms with Gasteiger partial charge in [0, 0.05) is 12.5 Å². The summed E-state index contributed by atoms with van der Waals surface area (Å²) in [5.41, 5.74) is 0.698. The molecule has 2 aliphatic carbocycles. The number of aromatic carboxylic acids is 1. The predicted molar refractivity (Wildman–Crippen MR) is 125 cm³/mol. The summed E-state index contributed by atoms with van der Waals surface area (Å²) in [6.07, 6.45) is 3.61. The number of nitriles is 1. The zero-order chi connectivity index (χ0) is 24.8. The lowest BCUT2D eigenvalue weighted by molar-refractivity contribution is 0.0690. The molecular formula is C23H23ClF2N6O2. The van der Waals surface area contributed by atoms with Crippen molar-refractivity contribution in [3.63, 3.8) is 0 Å². The maximum Gasteiger partial charge on any atom is 0.356 e. The number of carboxylic acid groups (broad SMARTS) is 1. The summed E-state index contributed by atoms with van der Waals surface area (Å²) in [7, 11) is 0. The fourth-order valence-corrected chi connectivity index (χ4v) is 4.32. The first-order valence-electron chi connectivity index (χ1n) is 10.7. The van der Waals surface area contributed by atoms with Crippen LogP contribution in [-0.4, -0.2) is 58.2 Å². The Morgan fingerprint density at radius 1 is 1.50 bits per heavy atom. The molecule has 11 heteroatoms. The third-order valence-corrected chi connectivity index (χ3v) is 6.53. The van der Waals surface area contributed by atoms with Crippen molar-refractivity contribution in [2.45, 2.75) is 51.2 Å². The third kappa shape index (κ3) is 4.40. The van der Waals surface area contributed by atoms with E-state index < -0.39 is 29.4 Å². The van der Waals surface area contributed by atoms with Gasteiger partial charge in [-0.25, -0.2) is 18.6 Å². The first-order valence-corrected chi connectivity index (χ1v) is 11.1. The number of hydrogen-bond donors (Lipinski definition) is 3. The second kappa shape index (κ2) is 8.47. The van der Waals surface area contributed by atoms with E-state index in [2.05, 4.69) is 25.6 Å². The van der Waals surface area contributed by atoms with Gasteiger partial charge in [0.1, 0.15) is 11.2 Å². The van der Waals surface area contributed by atoms with Crippen LogP contribution in [0, 0.1) is 16.7 Å². The Morgan fingerprint density at radius 3 is 2.82 bits per heavy atom. The molecule has 0 spiro atoms. The van der Waals surface area contributed by atoms with E-state index >= 15 is 0 Å². The Morgan fingerprint density at radius 2 is 2.21 bits per heavy atom. The summed E-state index contributed by atoms with van der Waals surface area (Å²) >= 11 is 5.85. The SMILES string of the molecule is CC1=CC2N=C(C#N)C(=NCC3(C)CC3(F)F)NC2C(C(C)Nc2ccc(Cl)nc2C(=O)O)=C1. The largest absolute Gasteiger partial charge is 0.476 e. The number of nitrogens with zero attached hydrogens (tertiary/aromatic N) is 4. The summed E-state index contributed by atoms with van der Waals surface area (Å²) in [4.78, 5) is 24.3. The molecule has 0 amide bonds. The van der Waals surface area contributed by atoms with Crippen molar-refractivity contribution < 1.29 is 18.7 Å². The molecule has 0 radical (unpaired) electrons. The van der Waals surface area contributed by atoms with E-state index in [1.807, 2.05) is 32.1 Å². The van der Waals surface area contributed by atoms with Crippen LogP contribution in [0.25, 0.3) is 0 Å². The number of alkyl halides is 2. The number of halogens is 3. The highest BCUT2D eigenvalue weighted by molar-refractivity contribution is 6.48. The van der Waals surface area contributed by atoms with E-state index in [4.69, 9.17) is 11.6 Å². The van der Waals surface area contributed by atoms with Crippen LogP contribution < -0.4 is 10.6 Å². The number of hydrogen-bond acceptors (Lipinski definition) is 6. The molecule has 2 heterocycles. The molecular weight excluding hydrogens is 466 g/mol. The molecule has 4 atom stereocenters. The van der Waals surface area contributed by atoms with Gasteiger partial charge >= 0.3 is 5.97 Å². The monoisotopic (exact) mass is 488 g/mol. The molecule has 1 aliphatic heterocycles. The smallest absolute Gasteiger partial charge is 0.356 e. The van der Waals surface area contributed by atoms with Crippen molar-refractivity contribution in [1.82, 2.24) is 10.3 Å². The van der Waals surface area contributed by atoms with Crippen LogP contribution in [0.4, 0.5) is 14.5 Å². The van der Waals surface area contributed by atoms with Gasteiger partial charge in [-0.15, -0.1) is 0 Å². The Hall–Kier alpha value is -3.32. The van der Waals surface area contributed by atoms with Gasteiger partial charge in [-0.2, -0.15) is 5.26 Å². The van der Waals surface area contributed by atoms with E-state index in [9.17, 15) is 23.9 Å². The number of aromatic nitrogens is 1. The number of allylic oxidation sites excluding steroid dienone is 2. The van der Waals surface area contributed by atoms with Crippen molar-refractivity contribution in [2.75, 3.05) is 11.9 Å². The molecule has 0 aromatic carbocycles. The average Bonchev–Trinajstić information content (AvgIpc) is 3.29. The minimum absolute atomic E-state index is 0.0643. The quantitative estimate of drug-likeness (QED) is 0.522. The first kappa shape index (κ1) is 23.8. The first-order chi connectivity index (χ1) is 15.9. The highest BCUT2D eigenvalue weighted by atomic mass is 35.5. The fraction of sp³-hybridized carbons (Fsp3) is 0.435. The number of carboxylic acids is 1. The van der Waals surface area contributed by atoms with E-state index in [0.717, 1.165) is 11.1 Å². The minimum Gasteiger partial charge on any atom is -0.476 e. The number of aliphatic imine (C=N–C) groups is 2. The lowest BCUT2D eigenvalue weighted by Crippen LogP contribution is -2.53. The zero-order valence-corrected chi connectivity index (χ0v) is 19.5. The summed E-state index contributed by atoms with van der Waals surface area (Å²) < 4.78 is 27.3. The van der Waals surface area contributed by atoms with E-state index in [1.54, 1.807) is 6.07 Å². The van der Waals surface area contributed by atoms with E-state index in [1.165, 1.54) is 13.0 Å². The van der Waals surface area contributed by atoms with Gasteiger partial charge in [0.15, 0.2) is 17.2 Å². The summed E-state index contributed by atoms with van der Waals surface area (Å²) in [5.74, 6) is -3.80. The molecule has 34 heavy (non-hydrogen) atoms. The molecule has 1 saturated carbocycles. The number of pyridine rings is 1. The van der Waals surface area contributed by atoms with Crippen LogP contribution in [0.5, 0.6) is 0 Å². The normalized spacial score (nSPS) is 29.0. The van der Waals surface area contributed by atoms with Gasteiger partial charge in [0.2, 0.25) is 0 Å². The minimum atomic E-state index is -2.76. The van der Waals surface area contributed by atoms with Crippen molar-refractivity contribution >= 4 is 34.8 Å². The third-order valence-electron chi connectivity index (χ3n) is 6.32. The van der Waals surface area contributed by atoms with Crippen LogP contribution in [0.2, 0.25) is 5.15 Å². The number of carbonyl (C=O) groups is 1. The maximum atomic E-state index is 13.6. The van der Waals surface area contributed by atoms with Crippen molar-refractivity contribution in [3.8, 4) is 6.07 Å². The van der Waals surface area contributed by atoms with Gasteiger partial charge in [0.05, 0.1) is 29.7 Å². The molecule has 3 N–H and O–H groups in total. The van der Waals surface area contributed by atoms with Crippen LogP contribution in [0.1, 0.15) is 37.7 Å². The molecule has 1 fully saturated rings. The number of fused-ring (bicyclic) bond motifs is 1. The van der Waals surface area contributed by atoms with E-state index in [-0.39, 0.29) is 41.4 Å². The topological polar surface area (TPSA) is 123 Å². The van der Waals surface area contributed by atoms with Gasteiger partial charge in [-0.05, 0) is 31.6 Å². The number of rotatable bonds is 6. The number of nitrogens with one attached hydrogen (secondary N) is 2. The van der Waals surface area contributed by atoms with Crippen molar-refractivity contribution in [2.24, 2.45) is 15.4 Å². The highest BCUT2D eigenvalue weighted by Crippen LogP contribution is 2.60. The molecule has 0 saturated heterocycles. The van der Waals surface area contributed by atoms with Crippen LogP contribution in [0.15, 0.2) is 45.4 Å². The summed E-state index contributed by atoms with van der Waals surface area (Å²) in [6.45, 7) is 5.10. The van der Waals surface area contributed by atoms with Gasteiger partial charge in [0.25, 0.3) is 5.92 Å². The number of anilines is 1. The molecule has 1 aromatic rings. The summed E-state index contributed by atoms with van der Waals surface area (Å²) in [5, 5.41) is 25.5. The van der Waals surface area contributed by atoms with Crippen molar-refractivity contribution in [1.29, 1.82) is 5.26 Å². The van der Waals surface area contributed by atoms with Crippen molar-refractivity contribution in [3.05, 3.63) is 46.3 Å². The summed E-state index contributed by atoms with van der Waals surface area (Å²) in [6, 6.07) is 3.87. The van der Waals surface area contributed by atoms with Gasteiger partial charge in [-0.3, -0.25) is 9.98 Å². The lowest BCUT2D eigenvalue weighted by atomic mass is 9.85. The fourth-order valence-electron chi connectivity index (χ4n) is 4.17. The predicted octanol–water partition coefficient (Wildman–Crippen LogP) is 3.87. The molecule has 8 nitrogen and oxygen atoms in total. The Balaban J connectivity index is 1.61. The van der Waals surface area contributed by atoms with Crippen LogP contribution >= 0.6 is 11.6 Å². The molecule has 0 bridgehead atoms. The lowest BCUT2D eigenvalue weighted by Gasteiger charge is -2.36. The Bertz CT molecular complexity index is 1220. The second-order valence-electron chi connectivity index (χ2n) is 9.07. The van der Waals surface area contributed by atoms with Crippen LogP contribution in [-0.2, 0) is 0 Å². The number of amidine groups is 1. The Kier molecular flexibility index (Phi) is 5.94. The van der Waals surface area contributed by atoms with Gasteiger partial charge in [-0.1, -0.05) is 36.2 Å². The zero-order valence-electron chi connectivity index (χ0n) is 18.7. The second-order valence-corrected chi connectivity index (χ2v) is 9.45. The Labute approximate surface area is 200 Å². The molecule has 4 rings (SSSR count). The standard InChI is InChI=1S/C23H23ClF2N6O2/c1-11-6-13(12(2)29-14-4-5-17(24)31-19(14)21(33)34)18-15(7-11)30-16(8-27)20(32-18)28-10-22(3)9-23(22,25)26/h4-7,12,15,18,29H,9-10H2,1-3H3,(H,28,32)(H,33,34).